The number of nitrogens with one attached hydrogen (secondary N) is 1. The fourth-order valence-electron chi connectivity index (χ4n) is 4.73. The van der Waals surface area contributed by atoms with E-state index in [0.717, 1.165) is 10.9 Å². The molecule has 1 aliphatic heterocycles. The first kappa shape index (κ1) is 23.6. The molecule has 10 heteroatoms. The molecule has 5 heterocycles. The van der Waals surface area contributed by atoms with Gasteiger partial charge >= 0.3 is 0 Å². The van der Waals surface area contributed by atoms with Crippen LogP contribution < -0.4 is 10.9 Å². The van der Waals surface area contributed by atoms with E-state index in [4.69, 9.17) is 4.98 Å². The van der Waals surface area contributed by atoms with Crippen molar-refractivity contribution in [2.45, 2.75) is 38.8 Å². The van der Waals surface area contributed by atoms with E-state index >= 15 is 0 Å². The fraction of sp³-hybridized carbons (Fsp3) is 0.308. The molecular formula is C26H26N6O4. The highest BCUT2D eigenvalue weighted by Gasteiger charge is 2.27. The van der Waals surface area contributed by atoms with Crippen molar-refractivity contribution in [3.63, 3.8) is 0 Å². The van der Waals surface area contributed by atoms with Crippen LogP contribution in [-0.4, -0.2) is 60.5 Å². The van der Waals surface area contributed by atoms with Crippen LogP contribution in [0.3, 0.4) is 0 Å². The summed E-state index contributed by atoms with van der Waals surface area (Å²) in [5.74, 6) is -0.0399. The third-order valence-electron chi connectivity index (χ3n) is 6.46. The molecule has 1 unspecified atom stereocenters. The maximum Gasteiger partial charge on any atom is 0.251 e. The molecule has 184 valence electrons. The van der Waals surface area contributed by atoms with Gasteiger partial charge in [0.25, 0.3) is 11.5 Å². The predicted octanol–water partition coefficient (Wildman–Crippen LogP) is 2.51. The molecule has 1 saturated heterocycles. The summed E-state index contributed by atoms with van der Waals surface area (Å²) in [5, 5.41) is 13.1. The summed E-state index contributed by atoms with van der Waals surface area (Å²) in [6.07, 6.45) is 3.52. The number of carbonyl (C=O) groups excluding carboxylic acids is 2. The number of likely N-dealkylation sites (tertiary alicyclic amines) is 1. The second kappa shape index (κ2) is 9.46. The molecule has 4 aromatic heterocycles. The maximum atomic E-state index is 13.1. The SMILES string of the molecule is CC(=O)Nc1ccc(-c2ccc3ncc4ccc(=O)n(C5CCN(C(=O)C(C)O)CC5)c4c3n2)cn1. The number of aliphatic hydroxyl groups excluding tert-OH is 1. The number of anilines is 1. The number of carbonyl (C=O) groups is 2. The van der Waals surface area contributed by atoms with Crippen molar-refractivity contribution >= 4 is 39.6 Å². The molecule has 0 spiro atoms. The summed E-state index contributed by atoms with van der Waals surface area (Å²) in [6, 6.07) is 10.4. The lowest BCUT2D eigenvalue weighted by molar-refractivity contribution is -0.140. The number of fused-ring (bicyclic) bond motifs is 3. The Labute approximate surface area is 206 Å². The Balaban J connectivity index is 1.57. The van der Waals surface area contributed by atoms with Gasteiger partial charge in [0.05, 0.1) is 16.7 Å². The number of piperidine rings is 1. The van der Waals surface area contributed by atoms with Gasteiger partial charge in [0.15, 0.2) is 0 Å². The van der Waals surface area contributed by atoms with Crippen LogP contribution in [0, 0.1) is 0 Å². The van der Waals surface area contributed by atoms with Crippen LogP contribution in [-0.2, 0) is 9.59 Å². The molecule has 0 aliphatic carbocycles. The second-order valence-corrected chi connectivity index (χ2v) is 9.01. The third-order valence-corrected chi connectivity index (χ3v) is 6.46. The molecule has 36 heavy (non-hydrogen) atoms. The highest BCUT2D eigenvalue weighted by molar-refractivity contribution is 6.01. The van der Waals surface area contributed by atoms with Crippen LogP contribution in [0.4, 0.5) is 5.82 Å². The van der Waals surface area contributed by atoms with Crippen molar-refractivity contribution in [2.75, 3.05) is 18.4 Å². The van der Waals surface area contributed by atoms with E-state index in [9.17, 15) is 19.5 Å². The number of aromatic nitrogens is 4. The van der Waals surface area contributed by atoms with Crippen molar-refractivity contribution in [3.8, 4) is 11.3 Å². The Morgan fingerprint density at radius 3 is 2.50 bits per heavy atom. The molecule has 0 radical (unpaired) electrons. The largest absolute Gasteiger partial charge is 0.384 e. The molecule has 4 aromatic rings. The highest BCUT2D eigenvalue weighted by atomic mass is 16.3. The van der Waals surface area contributed by atoms with Crippen molar-refractivity contribution in [1.82, 2.24) is 24.4 Å². The Morgan fingerprint density at radius 1 is 1.06 bits per heavy atom. The summed E-state index contributed by atoms with van der Waals surface area (Å²) >= 11 is 0. The predicted molar refractivity (Wildman–Crippen MR) is 135 cm³/mol. The van der Waals surface area contributed by atoms with E-state index < -0.39 is 6.10 Å². The quantitative estimate of drug-likeness (QED) is 0.424. The van der Waals surface area contributed by atoms with Gasteiger partial charge in [-0.05, 0) is 50.1 Å². The normalized spacial score (nSPS) is 15.2. The van der Waals surface area contributed by atoms with Gasteiger partial charge in [-0.25, -0.2) is 9.97 Å². The number of hydrogen-bond donors (Lipinski definition) is 2. The monoisotopic (exact) mass is 486 g/mol. The topological polar surface area (TPSA) is 130 Å². The van der Waals surface area contributed by atoms with E-state index in [0.29, 0.717) is 54.0 Å². The molecule has 0 saturated carbocycles. The van der Waals surface area contributed by atoms with Crippen molar-refractivity contribution in [1.29, 1.82) is 0 Å². The number of hydrogen-bond acceptors (Lipinski definition) is 7. The Bertz CT molecular complexity index is 1520. The lowest BCUT2D eigenvalue weighted by Gasteiger charge is -2.34. The average molecular weight is 487 g/mol. The minimum Gasteiger partial charge on any atom is -0.384 e. The van der Waals surface area contributed by atoms with E-state index in [2.05, 4.69) is 15.3 Å². The van der Waals surface area contributed by atoms with Crippen molar-refractivity contribution in [2.24, 2.45) is 0 Å². The number of nitrogens with zero attached hydrogens (tertiary/aromatic N) is 5. The zero-order chi connectivity index (χ0) is 25.4. The highest BCUT2D eigenvalue weighted by Crippen LogP contribution is 2.30. The zero-order valence-corrected chi connectivity index (χ0v) is 20.0. The number of amides is 2. The second-order valence-electron chi connectivity index (χ2n) is 9.01. The smallest absolute Gasteiger partial charge is 0.251 e. The van der Waals surface area contributed by atoms with Crippen LogP contribution in [0.5, 0.6) is 0 Å². The van der Waals surface area contributed by atoms with Crippen LogP contribution in [0.2, 0.25) is 0 Å². The minimum atomic E-state index is -1.04. The molecular weight excluding hydrogens is 460 g/mol. The first-order valence-electron chi connectivity index (χ1n) is 11.8. The molecule has 0 aromatic carbocycles. The molecule has 0 bridgehead atoms. The molecule has 1 aliphatic rings. The minimum absolute atomic E-state index is 0.117. The van der Waals surface area contributed by atoms with E-state index in [1.165, 1.54) is 19.9 Å². The molecule has 5 rings (SSSR count). The average Bonchev–Trinajstić information content (AvgIpc) is 2.88. The summed E-state index contributed by atoms with van der Waals surface area (Å²) in [6.45, 7) is 3.82. The van der Waals surface area contributed by atoms with Gasteiger partial charge in [-0.15, -0.1) is 0 Å². The molecule has 10 nitrogen and oxygen atoms in total. The summed E-state index contributed by atoms with van der Waals surface area (Å²) in [7, 11) is 0. The number of pyridine rings is 4. The van der Waals surface area contributed by atoms with Gasteiger partial charge in [0, 0.05) is 55.5 Å². The van der Waals surface area contributed by atoms with E-state index in [-0.39, 0.29) is 23.4 Å². The van der Waals surface area contributed by atoms with Crippen LogP contribution in [0.15, 0.2) is 53.6 Å². The summed E-state index contributed by atoms with van der Waals surface area (Å²) in [4.78, 5) is 52.0. The lowest BCUT2D eigenvalue weighted by atomic mass is 10.0. The van der Waals surface area contributed by atoms with Gasteiger partial charge in [0.1, 0.15) is 17.4 Å². The van der Waals surface area contributed by atoms with Gasteiger partial charge in [0.2, 0.25) is 5.91 Å². The first-order chi connectivity index (χ1) is 17.3. The van der Waals surface area contributed by atoms with Crippen molar-refractivity contribution in [3.05, 3.63) is 59.1 Å². The lowest BCUT2D eigenvalue weighted by Crippen LogP contribution is -2.44. The van der Waals surface area contributed by atoms with E-state index in [1.807, 2.05) is 18.2 Å². The van der Waals surface area contributed by atoms with Crippen LogP contribution in [0.25, 0.3) is 33.2 Å². The van der Waals surface area contributed by atoms with Gasteiger partial charge < -0.3 is 19.9 Å². The number of rotatable bonds is 4. The van der Waals surface area contributed by atoms with Crippen LogP contribution in [0.1, 0.15) is 32.7 Å². The van der Waals surface area contributed by atoms with Gasteiger partial charge in [-0.1, -0.05) is 0 Å². The van der Waals surface area contributed by atoms with E-state index in [1.54, 1.807) is 34.0 Å². The summed E-state index contributed by atoms with van der Waals surface area (Å²) < 4.78 is 1.78. The zero-order valence-electron chi connectivity index (χ0n) is 20.0. The summed E-state index contributed by atoms with van der Waals surface area (Å²) in [5.41, 5.74) is 3.27. The molecule has 2 amide bonds. The maximum absolute atomic E-state index is 13.1. The van der Waals surface area contributed by atoms with Gasteiger partial charge in [-0.2, -0.15) is 0 Å². The Morgan fingerprint density at radius 2 is 1.83 bits per heavy atom. The molecule has 2 N–H and O–H groups in total. The van der Waals surface area contributed by atoms with Crippen LogP contribution >= 0.6 is 0 Å². The Kier molecular flexibility index (Phi) is 6.19. The third kappa shape index (κ3) is 4.42. The molecule has 1 atom stereocenters. The standard InChI is InChI=1S/C26H26N6O4/c1-15(33)26(36)31-11-9-19(10-12-31)32-23(35)8-4-18-14-27-21-6-5-20(30-24(21)25(18)32)17-3-7-22(28-13-17)29-16(2)34/h3-8,13-15,19,33H,9-12H2,1-2H3,(H,28,29,34). The van der Waals surface area contributed by atoms with Crippen molar-refractivity contribution < 1.29 is 14.7 Å². The number of aliphatic hydroxyl groups is 1. The fourth-order valence-corrected chi connectivity index (χ4v) is 4.73. The molecule has 1 fully saturated rings. The first-order valence-corrected chi connectivity index (χ1v) is 11.8. The van der Waals surface area contributed by atoms with Gasteiger partial charge in [-0.3, -0.25) is 19.4 Å². The Hall–Kier alpha value is -4.18.